The number of alkyl halides is 2. The summed E-state index contributed by atoms with van der Waals surface area (Å²) in [7, 11) is 0. The molecular formula is C23H29F2NO5. The van der Waals surface area contributed by atoms with Gasteiger partial charge in [0, 0.05) is 16.7 Å². The second-order valence-corrected chi connectivity index (χ2v) is 10.3. The molecule has 0 spiro atoms. The van der Waals surface area contributed by atoms with Crippen molar-refractivity contribution in [2.75, 3.05) is 6.54 Å². The third-order valence-corrected chi connectivity index (χ3v) is 9.10. The highest BCUT2D eigenvalue weighted by molar-refractivity contribution is 6.01. The first-order chi connectivity index (χ1) is 14.5. The molecule has 0 amide bonds. The van der Waals surface area contributed by atoms with E-state index in [1.54, 1.807) is 13.8 Å². The monoisotopic (exact) mass is 437 g/mol. The summed E-state index contributed by atoms with van der Waals surface area (Å²) in [4.78, 5) is 25.0. The normalized spacial score (nSPS) is 55.2. The van der Waals surface area contributed by atoms with E-state index in [0.29, 0.717) is 6.42 Å². The molecule has 3 N–H and O–H groups in total. The molecule has 0 aromatic rings. The zero-order valence-corrected chi connectivity index (χ0v) is 17.9. The highest BCUT2D eigenvalue weighted by Crippen LogP contribution is 2.71. The van der Waals surface area contributed by atoms with Gasteiger partial charge in [-0.2, -0.15) is 0 Å². The lowest BCUT2D eigenvalue weighted by Gasteiger charge is -2.63. The third kappa shape index (κ3) is 2.25. The topological polar surface area (TPSA) is 98.9 Å². The van der Waals surface area contributed by atoms with Crippen LogP contribution in [0.3, 0.4) is 0 Å². The Morgan fingerprint density at radius 3 is 2.71 bits per heavy atom. The molecule has 0 aromatic carbocycles. The summed E-state index contributed by atoms with van der Waals surface area (Å²) in [6, 6.07) is 0. The first-order valence-corrected chi connectivity index (χ1v) is 11.0. The molecule has 1 aliphatic heterocycles. The molecule has 5 rings (SSSR count). The Labute approximate surface area is 179 Å². The van der Waals surface area contributed by atoms with Crippen molar-refractivity contribution in [1.82, 2.24) is 0 Å². The Morgan fingerprint density at radius 1 is 1.32 bits per heavy atom. The zero-order chi connectivity index (χ0) is 22.6. The fourth-order valence-corrected chi connectivity index (χ4v) is 7.78. The van der Waals surface area contributed by atoms with Crippen LogP contribution in [0.2, 0.25) is 0 Å². The third-order valence-electron chi connectivity index (χ3n) is 9.10. The average Bonchev–Trinajstić information content (AvgIpc) is 3.16. The quantitative estimate of drug-likeness (QED) is 0.685. The van der Waals surface area contributed by atoms with Crippen LogP contribution in [0.5, 0.6) is 0 Å². The molecule has 1 saturated heterocycles. The van der Waals surface area contributed by atoms with Crippen molar-refractivity contribution in [1.29, 1.82) is 0 Å². The molecule has 10 atom stereocenters. The van der Waals surface area contributed by atoms with E-state index in [4.69, 9.17) is 15.2 Å². The average molecular weight is 437 g/mol. The van der Waals surface area contributed by atoms with E-state index in [2.05, 4.69) is 0 Å². The summed E-state index contributed by atoms with van der Waals surface area (Å²) in [5.74, 6) is -2.07. The van der Waals surface area contributed by atoms with Gasteiger partial charge < -0.3 is 20.3 Å². The van der Waals surface area contributed by atoms with Crippen LogP contribution in [0.25, 0.3) is 0 Å². The maximum Gasteiger partial charge on any atom is 0.181 e. The van der Waals surface area contributed by atoms with Gasteiger partial charge in [-0.1, -0.05) is 13.0 Å². The molecule has 0 bridgehead atoms. The van der Waals surface area contributed by atoms with Gasteiger partial charge in [0.15, 0.2) is 29.1 Å². The maximum atomic E-state index is 17.1. The van der Waals surface area contributed by atoms with E-state index in [0.717, 1.165) is 0 Å². The number of carbonyl (C=O) groups is 2. The molecular weight excluding hydrogens is 408 g/mol. The first kappa shape index (κ1) is 21.4. The van der Waals surface area contributed by atoms with Crippen LogP contribution in [0, 0.1) is 22.7 Å². The summed E-state index contributed by atoms with van der Waals surface area (Å²) >= 11 is 0. The molecule has 4 aliphatic carbocycles. The number of allylic oxidation sites excluding steroid dienone is 4. The molecule has 4 fully saturated rings. The lowest BCUT2D eigenvalue weighted by atomic mass is 9.44. The summed E-state index contributed by atoms with van der Waals surface area (Å²) in [5, 5.41) is 11.3. The molecule has 1 heterocycles. The van der Waals surface area contributed by atoms with Gasteiger partial charge in [-0.05, 0) is 56.8 Å². The van der Waals surface area contributed by atoms with Crippen LogP contribution >= 0.6 is 0 Å². The minimum Gasteiger partial charge on any atom is -0.390 e. The van der Waals surface area contributed by atoms with Crippen LogP contribution in [0.4, 0.5) is 8.78 Å². The lowest BCUT2D eigenvalue weighted by molar-refractivity contribution is -0.232. The number of carbonyl (C=O) groups excluding carboxylic acids is 2. The minimum atomic E-state index is -2.19. The fourth-order valence-electron chi connectivity index (χ4n) is 7.78. The molecule has 8 heteroatoms. The predicted octanol–water partition coefficient (Wildman–Crippen LogP) is 1.94. The number of Topliss-reactive ketones (excluding diaryl/α,β-unsaturated/α-hetero) is 1. The fraction of sp³-hybridized carbons (Fsp3) is 0.739. The van der Waals surface area contributed by atoms with Gasteiger partial charge in [-0.3, -0.25) is 9.59 Å². The van der Waals surface area contributed by atoms with Crippen LogP contribution < -0.4 is 5.73 Å². The number of hydrogen-bond acceptors (Lipinski definition) is 6. The molecule has 5 aliphatic rings. The van der Waals surface area contributed by atoms with Gasteiger partial charge in [-0.15, -0.1) is 0 Å². The van der Waals surface area contributed by atoms with Crippen molar-refractivity contribution in [3.8, 4) is 0 Å². The van der Waals surface area contributed by atoms with Gasteiger partial charge in [0.2, 0.25) is 0 Å². The molecule has 3 saturated carbocycles. The van der Waals surface area contributed by atoms with Crippen LogP contribution in [-0.2, 0) is 19.1 Å². The Kier molecular flexibility index (Phi) is 4.35. The molecule has 0 radical (unpaired) electrons. The minimum absolute atomic E-state index is 0.0510. The largest absolute Gasteiger partial charge is 0.390 e. The van der Waals surface area contributed by atoms with E-state index < -0.39 is 58.6 Å². The van der Waals surface area contributed by atoms with Crippen molar-refractivity contribution in [3.05, 3.63) is 23.8 Å². The molecule has 6 nitrogen and oxygen atoms in total. The van der Waals surface area contributed by atoms with Crippen molar-refractivity contribution < 1.29 is 33.0 Å². The van der Waals surface area contributed by atoms with Crippen LogP contribution in [0.1, 0.15) is 40.0 Å². The predicted molar refractivity (Wildman–Crippen MR) is 106 cm³/mol. The van der Waals surface area contributed by atoms with E-state index >= 15 is 8.78 Å². The van der Waals surface area contributed by atoms with Crippen LogP contribution in [0.15, 0.2) is 23.8 Å². The Hall–Kier alpha value is -1.48. The van der Waals surface area contributed by atoms with Gasteiger partial charge in [-0.25, -0.2) is 8.78 Å². The number of rotatable bonds is 2. The zero-order valence-electron chi connectivity index (χ0n) is 17.9. The Balaban J connectivity index is 1.66. The van der Waals surface area contributed by atoms with Gasteiger partial charge >= 0.3 is 0 Å². The summed E-state index contributed by atoms with van der Waals surface area (Å²) < 4.78 is 44.5. The number of aliphatic hydroxyl groups excluding tert-OH is 1. The second kappa shape index (κ2) is 6.31. The first-order valence-electron chi connectivity index (χ1n) is 11.0. The van der Waals surface area contributed by atoms with Gasteiger partial charge in [0.25, 0.3) is 0 Å². The molecule has 31 heavy (non-hydrogen) atoms. The highest BCUT2D eigenvalue weighted by Gasteiger charge is 2.79. The van der Waals surface area contributed by atoms with Crippen LogP contribution in [-0.4, -0.2) is 59.2 Å². The Bertz CT molecular complexity index is 922. The molecule has 0 aromatic heterocycles. The van der Waals surface area contributed by atoms with Crippen molar-refractivity contribution in [2.45, 2.75) is 76.0 Å². The van der Waals surface area contributed by atoms with Gasteiger partial charge in [0.05, 0.1) is 18.8 Å². The number of ether oxygens (including phenoxy) is 2. The molecule has 1 unspecified atom stereocenters. The van der Waals surface area contributed by atoms with Crippen molar-refractivity contribution in [2.24, 2.45) is 28.4 Å². The number of nitrogens with two attached hydrogens (primary N) is 1. The number of fused-ring (bicyclic) bond motifs is 7. The number of halogens is 2. The second-order valence-electron chi connectivity index (χ2n) is 10.3. The summed E-state index contributed by atoms with van der Waals surface area (Å²) in [5.41, 5.74) is -0.201. The number of hydrogen-bond donors (Lipinski definition) is 2. The van der Waals surface area contributed by atoms with E-state index in [-0.39, 0.29) is 36.5 Å². The number of aliphatic hydroxyl groups is 1. The lowest BCUT2D eigenvalue weighted by Crippen LogP contribution is -2.71. The smallest absolute Gasteiger partial charge is 0.181 e. The standard InChI is InChI=1S/C23H29F2NO5/c1-11-30-19-8-13-14-7-16(24)15-6-12(27)4-5-20(15,2)22(14,25)17(28)9-21(13,3)23(19,31-11)18(29)10-26/h4-6,11,13-14,16-17,19,28H,7-10,26H2,1-3H3/t11?,13-,14-,16-,17-,19+,20-,21-,22-,23+/m0/s1. The SMILES string of the molecule is CC1O[C@@H]2C[C@H]3[C@@H]4C[C@H](F)C5=CC(=O)C=C[C@]5(C)[C@@]4(F)[C@@H](O)C[C@]3(C)[C@]2(C(=O)CN)O1. The van der Waals surface area contributed by atoms with E-state index in [9.17, 15) is 14.7 Å². The summed E-state index contributed by atoms with van der Waals surface area (Å²) in [6.45, 7) is 4.80. The van der Waals surface area contributed by atoms with Crippen molar-refractivity contribution >= 4 is 11.6 Å². The van der Waals surface area contributed by atoms with E-state index in [1.165, 1.54) is 18.2 Å². The van der Waals surface area contributed by atoms with Gasteiger partial charge in [0.1, 0.15) is 6.17 Å². The Morgan fingerprint density at radius 2 is 2.03 bits per heavy atom. The van der Waals surface area contributed by atoms with E-state index in [1.807, 2.05) is 6.92 Å². The summed E-state index contributed by atoms with van der Waals surface area (Å²) in [6.07, 6.45) is -0.363. The van der Waals surface area contributed by atoms with Crippen molar-refractivity contribution in [3.63, 3.8) is 0 Å². The molecule has 170 valence electrons. The highest BCUT2D eigenvalue weighted by atomic mass is 19.1. The number of ketones is 2. The maximum absolute atomic E-state index is 17.1.